The third-order valence-electron chi connectivity index (χ3n) is 3.24. The molecule has 0 amide bonds. The number of carbonyl (C=O) groups excluding carboxylic acids is 1. The molecule has 0 aromatic rings. The van der Waals surface area contributed by atoms with Crippen LogP contribution in [0.1, 0.15) is 6.42 Å². The van der Waals surface area contributed by atoms with Crippen LogP contribution in [0.15, 0.2) is 0 Å². The van der Waals surface area contributed by atoms with Crippen molar-refractivity contribution < 1.29 is 14.3 Å². The first-order chi connectivity index (χ1) is 7.92. The van der Waals surface area contributed by atoms with Gasteiger partial charge in [0.1, 0.15) is 6.29 Å². The molecule has 0 aliphatic carbocycles. The van der Waals surface area contributed by atoms with E-state index in [1.165, 1.54) is 0 Å². The van der Waals surface area contributed by atoms with E-state index in [4.69, 9.17) is 9.47 Å². The van der Waals surface area contributed by atoms with E-state index in [-0.39, 0.29) is 6.17 Å². The number of nitrogens with zero attached hydrogens (tertiary/aromatic N) is 2. The van der Waals surface area contributed by atoms with Gasteiger partial charge in [0.25, 0.3) is 0 Å². The fourth-order valence-corrected chi connectivity index (χ4v) is 2.37. The molecule has 2 rings (SSSR count). The van der Waals surface area contributed by atoms with Gasteiger partial charge in [0.2, 0.25) is 0 Å². The van der Waals surface area contributed by atoms with Crippen LogP contribution in [-0.4, -0.2) is 74.9 Å². The lowest BCUT2D eigenvalue weighted by atomic mass is 10.2. The summed E-state index contributed by atoms with van der Waals surface area (Å²) in [5.41, 5.74) is 0. The average molecular weight is 228 g/mol. The highest BCUT2D eigenvalue weighted by molar-refractivity contribution is 5.50. The molecular formula is C11H20N2O3. The van der Waals surface area contributed by atoms with E-state index < -0.39 is 0 Å². The first kappa shape index (κ1) is 12.0. The van der Waals surface area contributed by atoms with Gasteiger partial charge in [-0.15, -0.1) is 0 Å². The molecule has 5 heteroatoms. The summed E-state index contributed by atoms with van der Waals surface area (Å²) >= 11 is 0. The molecule has 5 nitrogen and oxygen atoms in total. The molecule has 0 aromatic carbocycles. The molecule has 2 heterocycles. The monoisotopic (exact) mass is 228 g/mol. The standard InChI is InChI=1S/C11H20N2O3/c14-6-1-11(12-2-7-15-8-3-12)13-4-9-16-10-5-13/h6,11H,1-5,7-10H2. The van der Waals surface area contributed by atoms with Crippen molar-refractivity contribution in [1.29, 1.82) is 0 Å². The van der Waals surface area contributed by atoms with Crippen molar-refractivity contribution in [2.75, 3.05) is 52.6 Å². The van der Waals surface area contributed by atoms with E-state index in [9.17, 15) is 4.79 Å². The van der Waals surface area contributed by atoms with Gasteiger partial charge in [-0.25, -0.2) is 0 Å². The number of hydrogen-bond acceptors (Lipinski definition) is 5. The number of rotatable bonds is 4. The largest absolute Gasteiger partial charge is 0.379 e. The van der Waals surface area contributed by atoms with Gasteiger partial charge in [-0.05, 0) is 0 Å². The van der Waals surface area contributed by atoms with Gasteiger partial charge in [0.05, 0.1) is 32.6 Å². The minimum absolute atomic E-state index is 0.241. The molecule has 0 atom stereocenters. The number of hydrogen-bond donors (Lipinski definition) is 0. The highest BCUT2D eigenvalue weighted by Crippen LogP contribution is 2.13. The third-order valence-corrected chi connectivity index (χ3v) is 3.24. The zero-order valence-electron chi connectivity index (χ0n) is 9.64. The van der Waals surface area contributed by atoms with Gasteiger partial charge in [-0.3, -0.25) is 9.80 Å². The molecule has 0 spiro atoms. The van der Waals surface area contributed by atoms with Crippen LogP contribution in [0.5, 0.6) is 0 Å². The predicted octanol–water partition coefficient (Wildman–Crippen LogP) is -0.434. The normalized spacial score (nSPS) is 24.8. The Bertz CT molecular complexity index is 195. The SMILES string of the molecule is O=CCC(N1CCOCC1)N1CCOCC1. The lowest BCUT2D eigenvalue weighted by Crippen LogP contribution is -2.55. The van der Waals surface area contributed by atoms with Crippen LogP contribution in [0, 0.1) is 0 Å². The van der Waals surface area contributed by atoms with E-state index in [1.807, 2.05) is 0 Å². The zero-order valence-corrected chi connectivity index (χ0v) is 9.64. The zero-order chi connectivity index (χ0) is 11.2. The number of morpholine rings is 2. The van der Waals surface area contributed by atoms with Crippen molar-refractivity contribution >= 4 is 6.29 Å². The lowest BCUT2D eigenvalue weighted by molar-refractivity contribution is -0.114. The molecule has 2 fully saturated rings. The van der Waals surface area contributed by atoms with Gasteiger partial charge in [0.15, 0.2) is 0 Å². The van der Waals surface area contributed by atoms with Crippen LogP contribution < -0.4 is 0 Å². The van der Waals surface area contributed by atoms with E-state index in [0.29, 0.717) is 6.42 Å². The summed E-state index contributed by atoms with van der Waals surface area (Å²) in [6.07, 6.45) is 1.85. The maximum absolute atomic E-state index is 10.8. The smallest absolute Gasteiger partial charge is 0.122 e. The van der Waals surface area contributed by atoms with Crippen LogP contribution in [0.2, 0.25) is 0 Å². The summed E-state index contributed by atoms with van der Waals surface area (Å²) in [4.78, 5) is 15.5. The summed E-state index contributed by atoms with van der Waals surface area (Å²) in [6.45, 7) is 6.82. The number of aldehydes is 1. The second-order valence-corrected chi connectivity index (χ2v) is 4.18. The highest BCUT2D eigenvalue weighted by atomic mass is 16.5. The Morgan fingerprint density at radius 2 is 1.38 bits per heavy atom. The molecule has 92 valence electrons. The first-order valence-electron chi connectivity index (χ1n) is 5.99. The summed E-state index contributed by atoms with van der Waals surface area (Å²) in [7, 11) is 0. The fourth-order valence-electron chi connectivity index (χ4n) is 2.37. The Morgan fingerprint density at radius 3 is 1.75 bits per heavy atom. The molecule has 2 saturated heterocycles. The molecule has 0 saturated carbocycles. The van der Waals surface area contributed by atoms with Crippen molar-refractivity contribution in [3.05, 3.63) is 0 Å². The molecule has 2 aliphatic rings. The van der Waals surface area contributed by atoms with Gasteiger partial charge in [0, 0.05) is 32.6 Å². The second-order valence-electron chi connectivity index (χ2n) is 4.18. The van der Waals surface area contributed by atoms with Crippen molar-refractivity contribution in [2.45, 2.75) is 12.6 Å². The van der Waals surface area contributed by atoms with E-state index in [1.54, 1.807) is 0 Å². The summed E-state index contributed by atoms with van der Waals surface area (Å²) in [5.74, 6) is 0. The average Bonchev–Trinajstić information content (AvgIpc) is 2.38. The Morgan fingerprint density at radius 1 is 0.938 bits per heavy atom. The highest BCUT2D eigenvalue weighted by Gasteiger charge is 2.27. The van der Waals surface area contributed by atoms with Crippen LogP contribution in [0.25, 0.3) is 0 Å². The van der Waals surface area contributed by atoms with Crippen molar-refractivity contribution in [1.82, 2.24) is 9.80 Å². The minimum Gasteiger partial charge on any atom is -0.379 e. The van der Waals surface area contributed by atoms with Crippen molar-refractivity contribution in [3.63, 3.8) is 0 Å². The molecule has 0 aromatic heterocycles. The Hall–Kier alpha value is -0.490. The minimum atomic E-state index is 0.241. The fraction of sp³-hybridized carbons (Fsp3) is 0.909. The molecular weight excluding hydrogens is 208 g/mol. The van der Waals surface area contributed by atoms with Gasteiger partial charge < -0.3 is 14.3 Å². The molecule has 0 unspecified atom stereocenters. The summed E-state index contributed by atoms with van der Waals surface area (Å²) in [6, 6.07) is 0. The van der Waals surface area contributed by atoms with Gasteiger partial charge >= 0.3 is 0 Å². The molecule has 16 heavy (non-hydrogen) atoms. The number of ether oxygens (including phenoxy) is 2. The Kier molecular flexibility index (Phi) is 4.71. The quantitative estimate of drug-likeness (QED) is 0.611. The van der Waals surface area contributed by atoms with E-state index >= 15 is 0 Å². The second kappa shape index (κ2) is 6.30. The van der Waals surface area contributed by atoms with E-state index in [2.05, 4.69) is 9.80 Å². The Labute approximate surface area is 96.3 Å². The van der Waals surface area contributed by atoms with Crippen molar-refractivity contribution in [3.8, 4) is 0 Å². The topological polar surface area (TPSA) is 42.0 Å². The molecule has 2 aliphatic heterocycles. The van der Waals surface area contributed by atoms with Gasteiger partial charge in [-0.2, -0.15) is 0 Å². The van der Waals surface area contributed by atoms with Crippen LogP contribution in [0.4, 0.5) is 0 Å². The first-order valence-corrected chi connectivity index (χ1v) is 5.99. The Balaban J connectivity index is 1.93. The molecule has 0 N–H and O–H groups in total. The summed E-state index contributed by atoms with van der Waals surface area (Å²) in [5, 5.41) is 0. The van der Waals surface area contributed by atoms with E-state index in [0.717, 1.165) is 58.9 Å². The number of carbonyl (C=O) groups is 1. The van der Waals surface area contributed by atoms with Crippen LogP contribution >= 0.6 is 0 Å². The lowest BCUT2D eigenvalue weighted by Gasteiger charge is -2.42. The molecule has 0 bridgehead atoms. The van der Waals surface area contributed by atoms with Gasteiger partial charge in [-0.1, -0.05) is 0 Å². The summed E-state index contributed by atoms with van der Waals surface area (Å²) < 4.78 is 10.7. The van der Waals surface area contributed by atoms with Crippen LogP contribution in [-0.2, 0) is 14.3 Å². The maximum atomic E-state index is 10.8. The molecule has 0 radical (unpaired) electrons. The van der Waals surface area contributed by atoms with Crippen LogP contribution in [0.3, 0.4) is 0 Å². The predicted molar refractivity (Wildman–Crippen MR) is 59.3 cm³/mol. The maximum Gasteiger partial charge on any atom is 0.122 e. The third kappa shape index (κ3) is 3.01. The van der Waals surface area contributed by atoms with Crippen molar-refractivity contribution in [2.24, 2.45) is 0 Å².